The van der Waals surface area contributed by atoms with Gasteiger partial charge in [0.25, 0.3) is 0 Å². The Hall–Kier alpha value is -2.31. The van der Waals surface area contributed by atoms with Gasteiger partial charge < -0.3 is 14.7 Å². The molecule has 0 aromatic heterocycles. The van der Waals surface area contributed by atoms with E-state index in [1.807, 2.05) is 41.3 Å². The predicted octanol–water partition coefficient (Wildman–Crippen LogP) is 5.16. The molecule has 1 atom stereocenters. The fraction of sp³-hybridized carbons (Fsp3) is 0.370. The van der Waals surface area contributed by atoms with Crippen LogP contribution >= 0.6 is 23.2 Å². The molecule has 2 aromatic carbocycles. The fourth-order valence-corrected chi connectivity index (χ4v) is 4.79. The second kappa shape index (κ2) is 11.9. The number of amides is 1. The Balaban J connectivity index is 1.28. The first kappa shape index (κ1) is 24.8. The zero-order chi connectivity index (χ0) is 23.9. The summed E-state index contributed by atoms with van der Waals surface area (Å²) < 4.78 is 5.92. The molecule has 34 heavy (non-hydrogen) atoms. The third kappa shape index (κ3) is 6.42. The molecular formula is C27H30Cl2N2O3. The molecule has 1 N–H and O–H groups in total. The molecule has 7 heteroatoms. The van der Waals surface area contributed by atoms with Gasteiger partial charge in [-0.15, -0.1) is 0 Å². The standard InChI is InChI=1S/C27H30Cl2N2O3/c28-24-8-5-7-23(27(24)29)20-12-16-30(17-13-20)18-22(32)19-34-25-9-2-1-6-21(25)10-11-26(33)31-14-3-4-15-31/h1-2,5-12,22,32H,3-4,13-19H2. The first-order valence-corrected chi connectivity index (χ1v) is 12.5. The van der Waals surface area contributed by atoms with E-state index >= 15 is 0 Å². The lowest BCUT2D eigenvalue weighted by Gasteiger charge is -2.28. The van der Waals surface area contributed by atoms with Crippen molar-refractivity contribution in [2.24, 2.45) is 0 Å². The number of likely N-dealkylation sites (tertiary alicyclic amines) is 1. The quantitative estimate of drug-likeness (QED) is 0.508. The number of nitrogens with zero attached hydrogens (tertiary/aromatic N) is 2. The first-order valence-electron chi connectivity index (χ1n) is 11.7. The number of aliphatic hydroxyl groups excluding tert-OH is 1. The Morgan fingerprint density at radius 3 is 2.65 bits per heavy atom. The molecule has 0 spiro atoms. The van der Waals surface area contributed by atoms with Gasteiger partial charge in [0.15, 0.2) is 0 Å². The Bertz CT molecular complexity index is 1060. The molecule has 1 saturated heterocycles. The van der Waals surface area contributed by atoms with Crippen molar-refractivity contribution in [3.8, 4) is 5.75 Å². The van der Waals surface area contributed by atoms with Gasteiger partial charge in [-0.3, -0.25) is 9.69 Å². The number of ether oxygens (including phenoxy) is 1. The fourth-order valence-electron chi connectivity index (χ4n) is 4.36. The Labute approximate surface area is 211 Å². The minimum atomic E-state index is -0.632. The summed E-state index contributed by atoms with van der Waals surface area (Å²) in [5, 5.41) is 11.7. The monoisotopic (exact) mass is 500 g/mol. The van der Waals surface area contributed by atoms with Crippen LogP contribution in [0, 0.1) is 0 Å². The van der Waals surface area contributed by atoms with E-state index < -0.39 is 6.10 Å². The summed E-state index contributed by atoms with van der Waals surface area (Å²) >= 11 is 12.5. The van der Waals surface area contributed by atoms with Gasteiger partial charge in [-0.2, -0.15) is 0 Å². The Morgan fingerprint density at radius 2 is 1.88 bits per heavy atom. The van der Waals surface area contributed by atoms with Crippen molar-refractivity contribution in [2.75, 3.05) is 39.3 Å². The molecule has 0 bridgehead atoms. The second-order valence-electron chi connectivity index (χ2n) is 8.71. The second-order valence-corrected chi connectivity index (χ2v) is 9.49. The van der Waals surface area contributed by atoms with Gasteiger partial charge in [-0.05, 0) is 48.6 Å². The number of halogens is 2. The minimum Gasteiger partial charge on any atom is -0.490 e. The van der Waals surface area contributed by atoms with Crippen molar-refractivity contribution in [3.63, 3.8) is 0 Å². The van der Waals surface area contributed by atoms with E-state index in [1.54, 1.807) is 18.2 Å². The average molecular weight is 501 g/mol. The summed E-state index contributed by atoms with van der Waals surface area (Å²) in [6.07, 6.45) is 7.89. The van der Waals surface area contributed by atoms with Crippen LogP contribution in [-0.2, 0) is 4.79 Å². The van der Waals surface area contributed by atoms with Gasteiger partial charge in [0, 0.05) is 44.4 Å². The molecule has 1 unspecified atom stereocenters. The molecule has 180 valence electrons. The lowest BCUT2D eigenvalue weighted by Crippen LogP contribution is -2.38. The van der Waals surface area contributed by atoms with Gasteiger partial charge in [0.2, 0.25) is 5.91 Å². The molecular weight excluding hydrogens is 471 g/mol. The van der Waals surface area contributed by atoms with E-state index in [4.69, 9.17) is 27.9 Å². The minimum absolute atomic E-state index is 0.0314. The number of hydrogen-bond acceptors (Lipinski definition) is 4. The van der Waals surface area contributed by atoms with Crippen molar-refractivity contribution < 1.29 is 14.6 Å². The number of rotatable bonds is 8. The molecule has 0 radical (unpaired) electrons. The molecule has 4 rings (SSSR count). The van der Waals surface area contributed by atoms with Crippen LogP contribution < -0.4 is 4.74 Å². The van der Waals surface area contributed by atoms with Crippen LogP contribution in [0.3, 0.4) is 0 Å². The van der Waals surface area contributed by atoms with E-state index in [1.165, 1.54) is 5.57 Å². The van der Waals surface area contributed by atoms with Crippen LogP contribution in [0.5, 0.6) is 5.75 Å². The molecule has 2 heterocycles. The smallest absolute Gasteiger partial charge is 0.246 e. The number of aliphatic hydroxyl groups is 1. The van der Waals surface area contributed by atoms with Gasteiger partial charge in [0.1, 0.15) is 18.5 Å². The third-order valence-corrected chi connectivity index (χ3v) is 7.05. The van der Waals surface area contributed by atoms with Crippen molar-refractivity contribution in [2.45, 2.75) is 25.4 Å². The summed E-state index contributed by atoms with van der Waals surface area (Å²) in [6.45, 7) is 3.90. The first-order chi connectivity index (χ1) is 16.5. The number of carbonyl (C=O) groups excluding carboxylic acids is 1. The third-order valence-electron chi connectivity index (χ3n) is 6.23. The Kier molecular flexibility index (Phi) is 8.68. The van der Waals surface area contributed by atoms with Crippen LogP contribution in [0.25, 0.3) is 11.6 Å². The molecule has 2 aromatic rings. The van der Waals surface area contributed by atoms with Gasteiger partial charge in [-0.25, -0.2) is 0 Å². The van der Waals surface area contributed by atoms with Crippen molar-refractivity contribution in [3.05, 3.63) is 75.8 Å². The van der Waals surface area contributed by atoms with E-state index in [0.717, 1.165) is 56.6 Å². The summed E-state index contributed by atoms with van der Waals surface area (Å²) in [5.41, 5.74) is 2.98. The maximum atomic E-state index is 12.3. The summed E-state index contributed by atoms with van der Waals surface area (Å²) in [7, 11) is 0. The number of hydrogen-bond donors (Lipinski definition) is 1. The highest BCUT2D eigenvalue weighted by molar-refractivity contribution is 6.43. The number of benzene rings is 2. The van der Waals surface area contributed by atoms with E-state index in [-0.39, 0.29) is 12.5 Å². The van der Waals surface area contributed by atoms with Crippen LogP contribution in [0.2, 0.25) is 10.0 Å². The zero-order valence-electron chi connectivity index (χ0n) is 19.1. The highest BCUT2D eigenvalue weighted by Crippen LogP contribution is 2.33. The SMILES string of the molecule is O=C(C=Cc1ccccc1OCC(O)CN1CC=C(c2cccc(Cl)c2Cl)CC1)N1CCCC1. The molecule has 0 saturated carbocycles. The topological polar surface area (TPSA) is 53.0 Å². The van der Waals surface area contributed by atoms with Crippen LogP contribution in [0.1, 0.15) is 30.4 Å². The normalized spacial score (nSPS) is 17.7. The zero-order valence-corrected chi connectivity index (χ0v) is 20.6. The molecule has 0 aliphatic carbocycles. The lowest BCUT2D eigenvalue weighted by atomic mass is 9.99. The highest BCUT2D eigenvalue weighted by Gasteiger charge is 2.19. The van der Waals surface area contributed by atoms with Gasteiger partial charge in [0.05, 0.1) is 10.0 Å². The molecule has 1 fully saturated rings. The molecule has 2 aliphatic heterocycles. The lowest BCUT2D eigenvalue weighted by molar-refractivity contribution is -0.124. The van der Waals surface area contributed by atoms with Gasteiger partial charge in [-0.1, -0.05) is 59.6 Å². The van der Waals surface area contributed by atoms with Crippen LogP contribution in [-0.4, -0.2) is 66.2 Å². The molecule has 1 amide bonds. The van der Waals surface area contributed by atoms with Crippen molar-refractivity contribution >= 4 is 40.8 Å². The number of carbonyl (C=O) groups is 1. The maximum absolute atomic E-state index is 12.3. The van der Waals surface area contributed by atoms with E-state index in [9.17, 15) is 9.90 Å². The maximum Gasteiger partial charge on any atom is 0.246 e. The highest BCUT2D eigenvalue weighted by atomic mass is 35.5. The number of β-amino-alcohol motifs (C(OH)–C–C–N with tert-alkyl or cyclic N) is 1. The molecule has 5 nitrogen and oxygen atoms in total. The number of para-hydroxylation sites is 1. The van der Waals surface area contributed by atoms with Crippen LogP contribution in [0.15, 0.2) is 54.6 Å². The van der Waals surface area contributed by atoms with Crippen LogP contribution in [0.4, 0.5) is 0 Å². The van der Waals surface area contributed by atoms with Crippen molar-refractivity contribution in [1.82, 2.24) is 9.80 Å². The van der Waals surface area contributed by atoms with E-state index in [0.29, 0.717) is 22.3 Å². The predicted molar refractivity (Wildman–Crippen MR) is 138 cm³/mol. The Morgan fingerprint density at radius 1 is 1.09 bits per heavy atom. The van der Waals surface area contributed by atoms with Gasteiger partial charge >= 0.3 is 0 Å². The molecule has 2 aliphatic rings. The summed E-state index contributed by atoms with van der Waals surface area (Å²) in [4.78, 5) is 16.4. The van der Waals surface area contributed by atoms with Crippen molar-refractivity contribution in [1.29, 1.82) is 0 Å². The van der Waals surface area contributed by atoms with E-state index in [2.05, 4.69) is 11.0 Å². The largest absolute Gasteiger partial charge is 0.490 e. The average Bonchev–Trinajstić information content (AvgIpc) is 3.39. The summed E-state index contributed by atoms with van der Waals surface area (Å²) in [5.74, 6) is 0.687. The summed E-state index contributed by atoms with van der Waals surface area (Å²) in [6, 6.07) is 13.3.